The van der Waals surface area contributed by atoms with E-state index < -0.39 is 5.38 Å². The predicted octanol–water partition coefficient (Wildman–Crippen LogP) is 1.62. The summed E-state index contributed by atoms with van der Waals surface area (Å²) in [6, 6.07) is 5.08. The van der Waals surface area contributed by atoms with Crippen molar-refractivity contribution in [3.05, 3.63) is 23.8 Å². The van der Waals surface area contributed by atoms with Crippen LogP contribution < -0.4 is 9.47 Å². The van der Waals surface area contributed by atoms with E-state index in [1.807, 2.05) is 0 Å². The molecule has 1 aliphatic rings. The molecule has 2 rings (SSSR count). The maximum absolute atomic E-state index is 12.6. The molecule has 0 N–H and O–H groups in total. The summed E-state index contributed by atoms with van der Waals surface area (Å²) in [5.41, 5.74) is 0.506. The first-order valence-electron chi connectivity index (χ1n) is 7.41. The molecule has 1 aromatic carbocycles. The number of hydrogen-bond acceptors (Lipinski definition) is 4. The van der Waals surface area contributed by atoms with E-state index >= 15 is 0 Å². The number of nitrogens with zero attached hydrogens (tertiary/aromatic N) is 2. The van der Waals surface area contributed by atoms with Gasteiger partial charge in [-0.15, -0.1) is 11.6 Å². The highest BCUT2D eigenvalue weighted by Gasteiger charge is 2.27. The van der Waals surface area contributed by atoms with Crippen LogP contribution >= 0.6 is 11.6 Å². The monoisotopic (exact) mass is 340 g/mol. The van der Waals surface area contributed by atoms with Gasteiger partial charge in [-0.3, -0.25) is 9.59 Å². The number of hydrogen-bond donors (Lipinski definition) is 0. The Labute approximate surface area is 140 Å². The van der Waals surface area contributed by atoms with Crippen molar-refractivity contribution < 1.29 is 19.1 Å². The van der Waals surface area contributed by atoms with E-state index in [9.17, 15) is 9.59 Å². The second-order valence-corrected chi connectivity index (χ2v) is 5.99. The number of halogens is 1. The molecule has 2 amide bonds. The lowest BCUT2D eigenvalue weighted by Crippen LogP contribution is -2.52. The van der Waals surface area contributed by atoms with Crippen LogP contribution in [-0.2, 0) is 4.79 Å². The molecule has 0 aliphatic carbocycles. The Bertz CT molecular complexity index is 561. The van der Waals surface area contributed by atoms with E-state index in [1.165, 1.54) is 0 Å². The van der Waals surface area contributed by atoms with Gasteiger partial charge < -0.3 is 19.3 Å². The molecular formula is C16H21ClN2O4. The molecule has 1 atom stereocenters. The fraction of sp³-hybridized carbons (Fsp3) is 0.500. The van der Waals surface area contributed by atoms with Gasteiger partial charge in [0.2, 0.25) is 5.91 Å². The van der Waals surface area contributed by atoms with Crippen molar-refractivity contribution in [1.29, 1.82) is 0 Å². The lowest BCUT2D eigenvalue weighted by Gasteiger charge is -2.35. The topological polar surface area (TPSA) is 59.1 Å². The maximum atomic E-state index is 12.6. The highest BCUT2D eigenvalue weighted by atomic mass is 35.5. The number of ether oxygens (including phenoxy) is 2. The molecule has 1 aromatic rings. The first-order valence-corrected chi connectivity index (χ1v) is 7.85. The van der Waals surface area contributed by atoms with Crippen molar-refractivity contribution in [1.82, 2.24) is 9.80 Å². The van der Waals surface area contributed by atoms with E-state index in [-0.39, 0.29) is 11.8 Å². The number of amides is 2. The van der Waals surface area contributed by atoms with Crippen molar-refractivity contribution >= 4 is 23.4 Å². The maximum Gasteiger partial charge on any atom is 0.254 e. The molecule has 0 bridgehead atoms. The predicted molar refractivity (Wildman–Crippen MR) is 87.3 cm³/mol. The number of carbonyl (C=O) groups is 2. The largest absolute Gasteiger partial charge is 0.497 e. The van der Waals surface area contributed by atoms with E-state index in [2.05, 4.69) is 0 Å². The third-order valence-corrected chi connectivity index (χ3v) is 4.00. The molecule has 1 fully saturated rings. The molecule has 1 aliphatic heterocycles. The van der Waals surface area contributed by atoms with Gasteiger partial charge in [0.25, 0.3) is 5.91 Å². The zero-order valence-corrected chi connectivity index (χ0v) is 14.3. The average molecular weight is 341 g/mol. The van der Waals surface area contributed by atoms with Crippen molar-refractivity contribution in [2.24, 2.45) is 0 Å². The standard InChI is InChI=1S/C16H21ClN2O4/c1-11(17)15(20)18-4-6-19(7-5-18)16(21)12-8-13(22-2)10-14(9-12)23-3/h8-11H,4-7H2,1-3H3. The van der Waals surface area contributed by atoms with E-state index in [1.54, 1.807) is 49.1 Å². The number of piperazine rings is 1. The second-order valence-electron chi connectivity index (χ2n) is 5.33. The molecule has 126 valence electrons. The van der Waals surface area contributed by atoms with Crippen LogP contribution in [0.2, 0.25) is 0 Å². The fourth-order valence-electron chi connectivity index (χ4n) is 2.49. The summed E-state index contributed by atoms with van der Waals surface area (Å²) in [5.74, 6) is 0.935. The smallest absolute Gasteiger partial charge is 0.254 e. The van der Waals surface area contributed by atoms with Gasteiger partial charge >= 0.3 is 0 Å². The summed E-state index contributed by atoms with van der Waals surface area (Å²) in [7, 11) is 3.08. The first kappa shape index (κ1) is 17.4. The van der Waals surface area contributed by atoms with Crippen LogP contribution in [0.15, 0.2) is 18.2 Å². The highest BCUT2D eigenvalue weighted by Crippen LogP contribution is 2.23. The number of methoxy groups -OCH3 is 2. The SMILES string of the molecule is COc1cc(OC)cc(C(=O)N2CCN(C(=O)C(C)Cl)CC2)c1. The third kappa shape index (κ3) is 4.07. The molecule has 0 radical (unpaired) electrons. The number of benzene rings is 1. The van der Waals surface area contributed by atoms with Gasteiger partial charge in [-0.1, -0.05) is 0 Å². The molecule has 0 aromatic heterocycles. The third-order valence-electron chi connectivity index (χ3n) is 3.82. The minimum absolute atomic E-state index is 0.0955. The van der Waals surface area contributed by atoms with Crippen LogP contribution in [0, 0.1) is 0 Å². The van der Waals surface area contributed by atoms with Crippen LogP contribution in [0.3, 0.4) is 0 Å². The molecular weight excluding hydrogens is 320 g/mol. The fourth-order valence-corrected chi connectivity index (χ4v) is 2.63. The Hall–Kier alpha value is -1.95. The average Bonchev–Trinajstić information content (AvgIpc) is 2.59. The minimum Gasteiger partial charge on any atom is -0.497 e. The van der Waals surface area contributed by atoms with E-state index in [4.69, 9.17) is 21.1 Å². The van der Waals surface area contributed by atoms with Crippen molar-refractivity contribution in [2.75, 3.05) is 40.4 Å². The highest BCUT2D eigenvalue weighted by molar-refractivity contribution is 6.30. The van der Waals surface area contributed by atoms with Gasteiger partial charge in [0, 0.05) is 37.8 Å². The molecule has 6 nitrogen and oxygen atoms in total. The second kappa shape index (κ2) is 7.55. The van der Waals surface area contributed by atoms with Crippen molar-refractivity contribution in [3.8, 4) is 11.5 Å². The summed E-state index contributed by atoms with van der Waals surface area (Å²) >= 11 is 5.82. The van der Waals surface area contributed by atoms with Crippen LogP contribution in [0.1, 0.15) is 17.3 Å². The number of carbonyl (C=O) groups excluding carboxylic acids is 2. The Balaban J connectivity index is 2.06. The molecule has 1 heterocycles. The lowest BCUT2D eigenvalue weighted by atomic mass is 10.1. The number of rotatable bonds is 4. The lowest BCUT2D eigenvalue weighted by molar-refractivity contribution is -0.131. The Morgan fingerprint density at radius 2 is 1.48 bits per heavy atom. The number of alkyl halides is 1. The Morgan fingerprint density at radius 1 is 1.00 bits per heavy atom. The zero-order chi connectivity index (χ0) is 17.0. The van der Waals surface area contributed by atoms with Gasteiger partial charge in [0.1, 0.15) is 16.9 Å². The molecule has 1 unspecified atom stereocenters. The van der Waals surface area contributed by atoms with Crippen LogP contribution in [0.4, 0.5) is 0 Å². The van der Waals surface area contributed by atoms with Crippen molar-refractivity contribution in [3.63, 3.8) is 0 Å². The van der Waals surface area contributed by atoms with Crippen molar-refractivity contribution in [2.45, 2.75) is 12.3 Å². The molecule has 23 heavy (non-hydrogen) atoms. The summed E-state index contributed by atoms with van der Waals surface area (Å²) in [4.78, 5) is 27.9. The minimum atomic E-state index is -0.542. The van der Waals surface area contributed by atoms with Gasteiger partial charge in [-0.25, -0.2) is 0 Å². The summed E-state index contributed by atoms with van der Waals surface area (Å²) in [5, 5.41) is -0.542. The van der Waals surface area contributed by atoms with Gasteiger partial charge in [-0.2, -0.15) is 0 Å². The summed E-state index contributed by atoms with van der Waals surface area (Å²) in [6.07, 6.45) is 0. The van der Waals surface area contributed by atoms with E-state index in [0.717, 1.165) is 0 Å². The van der Waals surface area contributed by atoms with Gasteiger partial charge in [0.05, 0.1) is 14.2 Å². The van der Waals surface area contributed by atoms with Crippen LogP contribution in [0.5, 0.6) is 11.5 Å². The first-order chi connectivity index (χ1) is 11.0. The van der Waals surface area contributed by atoms with Gasteiger partial charge in [-0.05, 0) is 19.1 Å². The van der Waals surface area contributed by atoms with Crippen LogP contribution in [0.25, 0.3) is 0 Å². The molecule has 7 heteroatoms. The Kier molecular flexibility index (Phi) is 5.71. The molecule has 0 spiro atoms. The molecule has 0 saturated carbocycles. The summed E-state index contributed by atoms with van der Waals surface area (Å²) < 4.78 is 10.4. The van der Waals surface area contributed by atoms with E-state index in [0.29, 0.717) is 43.2 Å². The summed E-state index contributed by atoms with van der Waals surface area (Å²) in [6.45, 7) is 3.59. The quantitative estimate of drug-likeness (QED) is 0.781. The van der Waals surface area contributed by atoms with Gasteiger partial charge in [0.15, 0.2) is 0 Å². The zero-order valence-electron chi connectivity index (χ0n) is 13.5. The molecule has 1 saturated heterocycles. The normalized spacial score (nSPS) is 16.0. The van der Waals surface area contributed by atoms with Crippen LogP contribution in [-0.4, -0.2) is 67.4 Å². The Morgan fingerprint density at radius 3 is 1.91 bits per heavy atom.